The molecule has 0 aliphatic carbocycles. The predicted molar refractivity (Wildman–Crippen MR) is 39.8 cm³/mol. The van der Waals surface area contributed by atoms with Crippen LogP contribution in [0.15, 0.2) is 0 Å². The van der Waals surface area contributed by atoms with Gasteiger partial charge in [-0.25, -0.2) is 0 Å². The Morgan fingerprint density at radius 3 is 2.31 bits per heavy atom. The van der Waals surface area contributed by atoms with Crippen molar-refractivity contribution in [2.24, 2.45) is 11.7 Å². The lowest BCUT2D eigenvalue weighted by Gasteiger charge is -2.18. The summed E-state index contributed by atoms with van der Waals surface area (Å²) in [6.45, 7) is 0.975. The average molecular weight is 199 g/mol. The molecule has 0 saturated heterocycles. The lowest BCUT2D eigenvalue weighted by atomic mass is 10.0. The number of alkyl halides is 3. The van der Waals surface area contributed by atoms with Crippen LogP contribution in [0.1, 0.15) is 13.3 Å². The summed E-state index contributed by atoms with van der Waals surface area (Å²) in [5.41, 5.74) is 5.15. The highest BCUT2D eigenvalue weighted by molar-refractivity contribution is 5.75. The number of carbonyl (C=O) groups excluding carboxylic acids is 1. The van der Waals surface area contributed by atoms with Crippen LogP contribution in [-0.4, -0.2) is 25.3 Å². The van der Waals surface area contributed by atoms with E-state index in [9.17, 15) is 18.0 Å². The Labute approximate surface area is 74.0 Å². The normalized spacial score (nSPS) is 16.5. The molecule has 0 saturated carbocycles. The number of methoxy groups -OCH3 is 1. The van der Waals surface area contributed by atoms with E-state index in [0.717, 1.165) is 14.0 Å². The van der Waals surface area contributed by atoms with E-state index in [1.807, 2.05) is 0 Å². The van der Waals surface area contributed by atoms with Gasteiger partial charge in [-0.05, 0) is 6.42 Å². The van der Waals surface area contributed by atoms with Gasteiger partial charge in [0.05, 0.1) is 13.0 Å². The highest BCUT2D eigenvalue weighted by atomic mass is 19.4. The molecule has 6 heteroatoms. The van der Waals surface area contributed by atoms with E-state index < -0.39 is 30.5 Å². The fourth-order valence-corrected chi connectivity index (χ4v) is 0.762. The van der Waals surface area contributed by atoms with Gasteiger partial charge in [-0.3, -0.25) is 4.79 Å². The zero-order valence-electron chi connectivity index (χ0n) is 7.39. The minimum Gasteiger partial charge on any atom is -0.468 e. The third-order valence-electron chi connectivity index (χ3n) is 1.67. The Morgan fingerprint density at radius 2 is 2.00 bits per heavy atom. The third-order valence-corrected chi connectivity index (χ3v) is 1.67. The minimum atomic E-state index is -4.31. The number of halogens is 3. The van der Waals surface area contributed by atoms with Gasteiger partial charge < -0.3 is 10.5 Å². The summed E-state index contributed by atoms with van der Waals surface area (Å²) in [4.78, 5) is 10.7. The largest absolute Gasteiger partial charge is 0.468 e. The maximum Gasteiger partial charge on any atom is 0.391 e. The predicted octanol–water partition coefficient (Wildman–Crippen LogP) is 1.08. The number of rotatable bonds is 3. The second-order valence-corrected chi connectivity index (χ2v) is 2.81. The van der Waals surface area contributed by atoms with Crippen LogP contribution in [0.25, 0.3) is 0 Å². The first-order valence-corrected chi connectivity index (χ1v) is 3.69. The van der Waals surface area contributed by atoms with E-state index in [-0.39, 0.29) is 0 Å². The van der Waals surface area contributed by atoms with Crippen LogP contribution in [-0.2, 0) is 9.53 Å². The van der Waals surface area contributed by atoms with E-state index >= 15 is 0 Å². The summed E-state index contributed by atoms with van der Waals surface area (Å²) in [5, 5.41) is 0. The maximum absolute atomic E-state index is 12.0. The molecule has 0 aromatic rings. The Morgan fingerprint density at radius 1 is 1.54 bits per heavy atom. The van der Waals surface area contributed by atoms with Gasteiger partial charge in [-0.15, -0.1) is 0 Å². The second-order valence-electron chi connectivity index (χ2n) is 2.81. The van der Waals surface area contributed by atoms with Crippen LogP contribution >= 0.6 is 0 Å². The number of nitrogens with two attached hydrogens (primary N) is 1. The molecule has 2 atom stereocenters. The average Bonchev–Trinajstić information content (AvgIpc) is 2.01. The Balaban J connectivity index is 4.06. The molecular formula is C7H12F3NO2. The fraction of sp³-hybridized carbons (Fsp3) is 0.857. The maximum atomic E-state index is 12.0. The molecule has 2 N–H and O–H groups in total. The van der Waals surface area contributed by atoms with E-state index in [4.69, 9.17) is 5.73 Å². The van der Waals surface area contributed by atoms with Gasteiger partial charge in [0, 0.05) is 0 Å². The van der Waals surface area contributed by atoms with E-state index in [1.54, 1.807) is 0 Å². The van der Waals surface area contributed by atoms with Crippen LogP contribution in [0, 0.1) is 5.92 Å². The van der Waals surface area contributed by atoms with Gasteiger partial charge in [0.15, 0.2) is 0 Å². The van der Waals surface area contributed by atoms with Gasteiger partial charge in [-0.1, -0.05) is 6.92 Å². The molecule has 0 amide bonds. The summed E-state index contributed by atoms with van der Waals surface area (Å²) >= 11 is 0. The van der Waals surface area contributed by atoms with Gasteiger partial charge in [0.25, 0.3) is 0 Å². The molecule has 0 radical (unpaired) electrons. The van der Waals surface area contributed by atoms with Crippen LogP contribution in [0.2, 0.25) is 0 Å². The SMILES string of the molecule is COC(=O)C(N)C[C@H](C)C(F)(F)F. The first-order chi connectivity index (χ1) is 5.79. The molecule has 13 heavy (non-hydrogen) atoms. The van der Waals surface area contributed by atoms with Gasteiger partial charge >= 0.3 is 12.1 Å². The zero-order chi connectivity index (χ0) is 10.6. The molecule has 0 bridgehead atoms. The van der Waals surface area contributed by atoms with Crippen molar-refractivity contribution in [1.29, 1.82) is 0 Å². The molecule has 3 nitrogen and oxygen atoms in total. The topological polar surface area (TPSA) is 52.3 Å². The quantitative estimate of drug-likeness (QED) is 0.692. The molecule has 1 unspecified atom stereocenters. The zero-order valence-corrected chi connectivity index (χ0v) is 7.39. The summed E-state index contributed by atoms with van der Waals surface area (Å²) in [7, 11) is 1.08. The Hall–Kier alpha value is -0.780. The van der Waals surface area contributed by atoms with Gasteiger partial charge in [0.1, 0.15) is 6.04 Å². The Kier molecular flexibility index (Phi) is 4.19. The number of ether oxygens (including phenoxy) is 1. The number of hydrogen-bond donors (Lipinski definition) is 1. The molecule has 0 aliphatic heterocycles. The molecular weight excluding hydrogens is 187 g/mol. The lowest BCUT2D eigenvalue weighted by Crippen LogP contribution is -2.36. The van der Waals surface area contributed by atoms with Crippen LogP contribution in [0.3, 0.4) is 0 Å². The van der Waals surface area contributed by atoms with E-state index in [2.05, 4.69) is 4.74 Å². The highest BCUT2D eigenvalue weighted by Crippen LogP contribution is 2.28. The van der Waals surface area contributed by atoms with E-state index in [1.165, 1.54) is 0 Å². The fourth-order valence-electron chi connectivity index (χ4n) is 0.762. The third kappa shape index (κ3) is 4.12. The van der Waals surface area contributed by atoms with Crippen molar-refractivity contribution in [3.05, 3.63) is 0 Å². The molecule has 0 rings (SSSR count). The van der Waals surface area contributed by atoms with Gasteiger partial charge in [-0.2, -0.15) is 13.2 Å². The van der Waals surface area contributed by atoms with Gasteiger partial charge in [0.2, 0.25) is 0 Å². The molecule has 0 aromatic carbocycles. The van der Waals surface area contributed by atoms with Crippen LogP contribution < -0.4 is 5.73 Å². The molecule has 0 aromatic heterocycles. The standard InChI is InChI=1S/C7H12F3NO2/c1-4(7(8,9)10)3-5(11)6(12)13-2/h4-5H,3,11H2,1-2H3/t4-,5?/m0/s1. The van der Waals surface area contributed by atoms with Crippen molar-refractivity contribution in [3.8, 4) is 0 Å². The summed E-state index contributed by atoms with van der Waals surface area (Å²) in [5.74, 6) is -2.42. The van der Waals surface area contributed by atoms with Crippen LogP contribution in [0.5, 0.6) is 0 Å². The first kappa shape index (κ1) is 12.2. The number of carbonyl (C=O) groups is 1. The lowest BCUT2D eigenvalue weighted by molar-refractivity contribution is -0.174. The van der Waals surface area contributed by atoms with Crippen molar-refractivity contribution in [1.82, 2.24) is 0 Å². The highest BCUT2D eigenvalue weighted by Gasteiger charge is 2.37. The summed E-state index contributed by atoms with van der Waals surface area (Å²) < 4.78 is 40.1. The van der Waals surface area contributed by atoms with Crippen LogP contribution in [0.4, 0.5) is 13.2 Å². The smallest absolute Gasteiger partial charge is 0.391 e. The molecule has 78 valence electrons. The van der Waals surface area contributed by atoms with E-state index in [0.29, 0.717) is 0 Å². The second kappa shape index (κ2) is 4.45. The van der Waals surface area contributed by atoms with Crippen molar-refractivity contribution >= 4 is 5.97 Å². The minimum absolute atomic E-state index is 0.448. The summed E-state index contributed by atoms with van der Waals surface area (Å²) in [6.07, 6.45) is -4.76. The monoisotopic (exact) mass is 199 g/mol. The first-order valence-electron chi connectivity index (χ1n) is 3.69. The van der Waals surface area contributed by atoms with Crippen molar-refractivity contribution < 1.29 is 22.7 Å². The molecule has 0 fully saturated rings. The van der Waals surface area contributed by atoms with Crippen molar-refractivity contribution in [3.63, 3.8) is 0 Å². The number of hydrogen-bond acceptors (Lipinski definition) is 3. The van der Waals surface area contributed by atoms with Crippen molar-refractivity contribution in [2.45, 2.75) is 25.6 Å². The summed E-state index contributed by atoms with van der Waals surface area (Å²) in [6, 6.07) is -1.21. The number of esters is 1. The molecule has 0 spiro atoms. The molecule has 0 heterocycles. The molecule has 0 aliphatic rings. The Bertz CT molecular complexity index is 181. The van der Waals surface area contributed by atoms with Crippen molar-refractivity contribution in [2.75, 3.05) is 7.11 Å².